The molecule has 0 bridgehead atoms. The van der Waals surface area contributed by atoms with E-state index in [0.29, 0.717) is 37.1 Å². The van der Waals surface area contributed by atoms with Gasteiger partial charge in [0.05, 0.1) is 27.0 Å². The molecule has 2 aromatic rings. The SMILES string of the molecule is C=CCc1cc(CNC(=NC)NCc2ncc(C(C)(C)C)o2)cc(OC)c1OC. The van der Waals surface area contributed by atoms with E-state index in [1.54, 1.807) is 27.5 Å². The van der Waals surface area contributed by atoms with Gasteiger partial charge in [-0.05, 0) is 24.1 Å². The van der Waals surface area contributed by atoms with Crippen LogP contribution in [-0.2, 0) is 24.9 Å². The lowest BCUT2D eigenvalue weighted by molar-refractivity contribution is 0.352. The molecule has 1 heterocycles. The summed E-state index contributed by atoms with van der Waals surface area (Å²) in [5, 5.41) is 6.52. The number of aliphatic imine (C=N–C) groups is 1. The summed E-state index contributed by atoms with van der Waals surface area (Å²) in [7, 11) is 5.00. The van der Waals surface area contributed by atoms with Gasteiger partial charge in [-0.25, -0.2) is 4.98 Å². The topological polar surface area (TPSA) is 80.9 Å². The molecule has 0 aliphatic heterocycles. The van der Waals surface area contributed by atoms with Gasteiger partial charge in [-0.15, -0.1) is 6.58 Å². The Morgan fingerprint density at radius 2 is 1.93 bits per heavy atom. The average Bonchev–Trinajstić information content (AvgIpc) is 3.17. The predicted molar refractivity (Wildman–Crippen MR) is 116 cm³/mol. The average molecular weight is 401 g/mol. The Hall–Kier alpha value is -2.96. The molecule has 0 aliphatic rings. The second-order valence-electron chi connectivity index (χ2n) is 7.63. The summed E-state index contributed by atoms with van der Waals surface area (Å²) in [6, 6.07) is 4.03. The number of methoxy groups -OCH3 is 2. The van der Waals surface area contributed by atoms with Crippen LogP contribution in [0.15, 0.2) is 40.4 Å². The van der Waals surface area contributed by atoms with E-state index in [9.17, 15) is 0 Å². The van der Waals surface area contributed by atoms with E-state index < -0.39 is 0 Å². The van der Waals surface area contributed by atoms with E-state index in [1.807, 2.05) is 12.1 Å². The molecule has 1 aromatic carbocycles. The fourth-order valence-electron chi connectivity index (χ4n) is 2.82. The molecule has 0 spiro atoms. The van der Waals surface area contributed by atoms with Gasteiger partial charge >= 0.3 is 0 Å². The highest BCUT2D eigenvalue weighted by Gasteiger charge is 2.19. The van der Waals surface area contributed by atoms with Gasteiger partial charge in [0, 0.05) is 24.6 Å². The van der Waals surface area contributed by atoms with Gasteiger partial charge in [0.1, 0.15) is 5.76 Å². The fourth-order valence-corrected chi connectivity index (χ4v) is 2.82. The van der Waals surface area contributed by atoms with E-state index in [2.05, 4.69) is 54.0 Å². The Labute approximate surface area is 173 Å². The lowest BCUT2D eigenvalue weighted by Gasteiger charge is -2.16. The minimum absolute atomic E-state index is 0.0677. The highest BCUT2D eigenvalue weighted by Crippen LogP contribution is 2.33. The molecule has 0 saturated heterocycles. The molecule has 0 fully saturated rings. The van der Waals surface area contributed by atoms with Crippen molar-refractivity contribution in [2.24, 2.45) is 4.99 Å². The number of nitrogens with one attached hydrogen (secondary N) is 2. The van der Waals surface area contributed by atoms with Gasteiger partial charge in [-0.3, -0.25) is 4.99 Å². The number of allylic oxidation sites excluding steroid dienone is 1. The number of benzene rings is 1. The number of guanidine groups is 1. The normalized spacial score (nSPS) is 11.9. The van der Waals surface area contributed by atoms with Crippen molar-refractivity contribution in [1.29, 1.82) is 0 Å². The van der Waals surface area contributed by atoms with Crippen LogP contribution in [-0.4, -0.2) is 32.2 Å². The van der Waals surface area contributed by atoms with E-state index in [4.69, 9.17) is 13.9 Å². The third-order valence-electron chi connectivity index (χ3n) is 4.36. The summed E-state index contributed by atoms with van der Waals surface area (Å²) in [6.07, 6.45) is 4.32. The van der Waals surface area contributed by atoms with Crippen LogP contribution in [0.3, 0.4) is 0 Å². The molecule has 158 valence electrons. The lowest BCUT2D eigenvalue weighted by Crippen LogP contribution is -2.36. The first-order valence-electron chi connectivity index (χ1n) is 9.56. The number of rotatable bonds is 8. The molecular weight excluding hydrogens is 368 g/mol. The fraction of sp³-hybridized carbons (Fsp3) is 0.455. The predicted octanol–water partition coefficient (Wildman–Crippen LogP) is 3.58. The van der Waals surface area contributed by atoms with Crippen molar-refractivity contribution in [3.8, 4) is 11.5 Å². The zero-order chi connectivity index (χ0) is 21.4. The summed E-state index contributed by atoms with van der Waals surface area (Å²) in [5.74, 6) is 3.56. The van der Waals surface area contributed by atoms with Crippen LogP contribution in [0.5, 0.6) is 11.5 Å². The van der Waals surface area contributed by atoms with Gasteiger partial charge in [0.25, 0.3) is 0 Å². The third kappa shape index (κ3) is 6.01. The van der Waals surface area contributed by atoms with Crippen molar-refractivity contribution in [2.45, 2.75) is 45.7 Å². The molecule has 0 saturated carbocycles. The Balaban J connectivity index is 2.02. The first-order chi connectivity index (χ1) is 13.8. The van der Waals surface area contributed by atoms with Gasteiger partial charge < -0.3 is 24.5 Å². The van der Waals surface area contributed by atoms with Crippen LogP contribution in [0, 0.1) is 0 Å². The molecule has 0 aliphatic carbocycles. The van der Waals surface area contributed by atoms with Crippen molar-refractivity contribution in [2.75, 3.05) is 21.3 Å². The van der Waals surface area contributed by atoms with E-state index in [-0.39, 0.29) is 5.41 Å². The molecule has 0 radical (unpaired) electrons. The summed E-state index contributed by atoms with van der Waals surface area (Å²) in [6.45, 7) is 11.1. The number of hydrogen-bond donors (Lipinski definition) is 2. The Bertz CT molecular complexity index is 850. The van der Waals surface area contributed by atoms with Gasteiger partial charge in [-0.1, -0.05) is 26.8 Å². The molecule has 0 amide bonds. The van der Waals surface area contributed by atoms with E-state index in [1.165, 1.54) is 0 Å². The molecule has 2 N–H and O–H groups in total. The van der Waals surface area contributed by atoms with Gasteiger partial charge in [0.15, 0.2) is 17.5 Å². The van der Waals surface area contributed by atoms with Crippen molar-refractivity contribution in [1.82, 2.24) is 15.6 Å². The van der Waals surface area contributed by atoms with Crippen molar-refractivity contribution >= 4 is 5.96 Å². The number of hydrogen-bond acceptors (Lipinski definition) is 5. The maximum atomic E-state index is 5.81. The monoisotopic (exact) mass is 400 g/mol. The maximum absolute atomic E-state index is 5.81. The van der Waals surface area contributed by atoms with Crippen LogP contribution in [0.4, 0.5) is 0 Å². The van der Waals surface area contributed by atoms with Gasteiger partial charge in [-0.2, -0.15) is 0 Å². The second-order valence-corrected chi connectivity index (χ2v) is 7.63. The number of nitrogens with zero attached hydrogens (tertiary/aromatic N) is 2. The van der Waals surface area contributed by atoms with Crippen LogP contribution < -0.4 is 20.1 Å². The first kappa shape index (κ1) is 22.3. The van der Waals surface area contributed by atoms with Crippen molar-refractivity contribution in [3.05, 3.63) is 53.8 Å². The summed E-state index contributed by atoms with van der Waals surface area (Å²) >= 11 is 0. The van der Waals surface area contributed by atoms with Crippen molar-refractivity contribution < 1.29 is 13.9 Å². The highest BCUT2D eigenvalue weighted by atomic mass is 16.5. The smallest absolute Gasteiger partial charge is 0.213 e. The largest absolute Gasteiger partial charge is 0.493 e. The molecule has 7 heteroatoms. The third-order valence-corrected chi connectivity index (χ3v) is 4.36. The van der Waals surface area contributed by atoms with Crippen LogP contribution in [0.1, 0.15) is 43.5 Å². The summed E-state index contributed by atoms with van der Waals surface area (Å²) < 4.78 is 16.8. The maximum Gasteiger partial charge on any atom is 0.213 e. The highest BCUT2D eigenvalue weighted by molar-refractivity contribution is 5.79. The van der Waals surface area contributed by atoms with Crippen LogP contribution in [0.25, 0.3) is 0 Å². The zero-order valence-electron chi connectivity index (χ0n) is 18.3. The minimum Gasteiger partial charge on any atom is -0.493 e. The number of aromatic nitrogens is 1. The Morgan fingerprint density at radius 3 is 2.48 bits per heavy atom. The molecule has 29 heavy (non-hydrogen) atoms. The molecule has 0 unspecified atom stereocenters. The quantitative estimate of drug-likeness (QED) is 0.400. The van der Waals surface area contributed by atoms with Crippen molar-refractivity contribution in [3.63, 3.8) is 0 Å². The molecule has 1 aromatic heterocycles. The van der Waals surface area contributed by atoms with Gasteiger partial charge in [0.2, 0.25) is 5.89 Å². The first-order valence-corrected chi connectivity index (χ1v) is 9.56. The lowest BCUT2D eigenvalue weighted by atomic mass is 9.94. The Kier molecular flexibility index (Phi) is 7.70. The molecule has 0 atom stereocenters. The second kappa shape index (κ2) is 10.0. The zero-order valence-corrected chi connectivity index (χ0v) is 18.3. The van der Waals surface area contributed by atoms with Crippen LogP contribution in [0.2, 0.25) is 0 Å². The Morgan fingerprint density at radius 1 is 1.21 bits per heavy atom. The summed E-state index contributed by atoms with van der Waals surface area (Å²) in [4.78, 5) is 8.59. The number of ether oxygens (including phenoxy) is 2. The standard InChI is InChI=1S/C22H32N4O3/c1-8-9-16-10-15(11-17(27-6)20(16)28-7)12-25-21(23-5)26-14-19-24-13-18(29-19)22(2,3)4/h8,10-11,13H,1,9,12,14H2,2-7H3,(H2,23,25,26). The molecular formula is C22H32N4O3. The molecule has 7 nitrogen and oxygen atoms in total. The number of oxazole rings is 1. The minimum atomic E-state index is -0.0677. The molecule has 2 rings (SSSR count). The van der Waals surface area contributed by atoms with Crippen LogP contribution >= 0.6 is 0 Å². The summed E-state index contributed by atoms with van der Waals surface area (Å²) in [5.41, 5.74) is 2.01. The van der Waals surface area contributed by atoms with E-state index in [0.717, 1.165) is 22.6 Å². The van der Waals surface area contributed by atoms with E-state index >= 15 is 0 Å².